The van der Waals surface area contributed by atoms with Crippen LogP contribution >= 0.6 is 0 Å². The standard InChI is InChI=1S/C13H28O6Si/c1-15-13(14)5-6-16-7-8-17-9-10-18-11-12-19-20(2,3)4/h5-12H2,1-4H3. The van der Waals surface area contributed by atoms with E-state index in [4.69, 9.17) is 18.6 Å². The number of rotatable bonds is 13. The lowest BCUT2D eigenvalue weighted by molar-refractivity contribution is -0.141. The van der Waals surface area contributed by atoms with Crippen LogP contribution in [0.25, 0.3) is 0 Å². The zero-order valence-electron chi connectivity index (χ0n) is 13.1. The second kappa shape index (κ2) is 12.3. The van der Waals surface area contributed by atoms with Crippen LogP contribution in [0.5, 0.6) is 0 Å². The van der Waals surface area contributed by atoms with Gasteiger partial charge in [-0.05, 0) is 19.6 Å². The summed E-state index contributed by atoms with van der Waals surface area (Å²) in [4.78, 5) is 10.8. The fourth-order valence-electron chi connectivity index (χ4n) is 1.21. The summed E-state index contributed by atoms with van der Waals surface area (Å²) in [6.07, 6.45) is 0.275. The second-order valence-corrected chi connectivity index (χ2v) is 9.64. The van der Waals surface area contributed by atoms with Crippen LogP contribution in [-0.2, 0) is 28.2 Å². The van der Waals surface area contributed by atoms with E-state index in [-0.39, 0.29) is 12.4 Å². The van der Waals surface area contributed by atoms with Gasteiger partial charge in [0.05, 0.1) is 59.8 Å². The van der Waals surface area contributed by atoms with Crippen LogP contribution in [0, 0.1) is 0 Å². The van der Waals surface area contributed by atoms with Gasteiger partial charge in [-0.3, -0.25) is 4.79 Å². The molecule has 0 radical (unpaired) electrons. The molecule has 0 aliphatic heterocycles. The molecule has 0 atom stereocenters. The first-order valence-electron chi connectivity index (χ1n) is 6.89. The van der Waals surface area contributed by atoms with Gasteiger partial charge in [0.15, 0.2) is 8.32 Å². The Kier molecular flexibility index (Phi) is 12.0. The third-order valence-electron chi connectivity index (χ3n) is 2.18. The minimum atomic E-state index is -1.42. The quantitative estimate of drug-likeness (QED) is 0.291. The highest BCUT2D eigenvalue weighted by Gasteiger charge is 2.12. The maximum absolute atomic E-state index is 10.8. The fourth-order valence-corrected chi connectivity index (χ4v) is 1.90. The number of esters is 1. The fraction of sp³-hybridized carbons (Fsp3) is 0.923. The van der Waals surface area contributed by atoms with Crippen LogP contribution in [0.1, 0.15) is 6.42 Å². The van der Waals surface area contributed by atoms with E-state index in [0.29, 0.717) is 46.2 Å². The molecule has 0 rings (SSSR count). The molecule has 20 heavy (non-hydrogen) atoms. The molecule has 0 unspecified atom stereocenters. The average Bonchev–Trinajstić information content (AvgIpc) is 2.38. The number of carbonyl (C=O) groups is 1. The van der Waals surface area contributed by atoms with Gasteiger partial charge in [0.1, 0.15) is 0 Å². The molecule has 0 fully saturated rings. The molecular formula is C13H28O6Si. The molecule has 0 saturated carbocycles. The normalized spacial score (nSPS) is 11.6. The van der Waals surface area contributed by atoms with Gasteiger partial charge < -0.3 is 23.4 Å². The third-order valence-corrected chi connectivity index (χ3v) is 3.26. The molecule has 0 aliphatic rings. The van der Waals surface area contributed by atoms with Crippen LogP contribution in [-0.4, -0.2) is 67.6 Å². The summed E-state index contributed by atoms with van der Waals surface area (Å²) in [6.45, 7) is 10.1. The Hall–Kier alpha value is -0.473. The molecule has 0 heterocycles. The van der Waals surface area contributed by atoms with Crippen molar-refractivity contribution in [3.63, 3.8) is 0 Å². The summed E-state index contributed by atoms with van der Waals surface area (Å²) >= 11 is 0. The molecule has 0 spiro atoms. The van der Waals surface area contributed by atoms with Gasteiger partial charge in [-0.2, -0.15) is 0 Å². The monoisotopic (exact) mass is 308 g/mol. The molecule has 0 amide bonds. The smallest absolute Gasteiger partial charge is 0.307 e. The number of methoxy groups -OCH3 is 1. The molecular weight excluding hydrogens is 280 g/mol. The number of ether oxygens (including phenoxy) is 4. The van der Waals surface area contributed by atoms with Gasteiger partial charge in [0, 0.05) is 0 Å². The van der Waals surface area contributed by atoms with Gasteiger partial charge in [-0.1, -0.05) is 0 Å². The maximum atomic E-state index is 10.8. The van der Waals surface area contributed by atoms with Crippen molar-refractivity contribution in [2.24, 2.45) is 0 Å². The van der Waals surface area contributed by atoms with Crippen molar-refractivity contribution in [3.8, 4) is 0 Å². The molecule has 120 valence electrons. The molecule has 0 aromatic rings. The predicted molar refractivity (Wildman–Crippen MR) is 78.4 cm³/mol. The van der Waals surface area contributed by atoms with E-state index in [0.717, 1.165) is 0 Å². The van der Waals surface area contributed by atoms with E-state index in [2.05, 4.69) is 24.4 Å². The first-order valence-corrected chi connectivity index (χ1v) is 10.3. The van der Waals surface area contributed by atoms with Gasteiger partial charge >= 0.3 is 5.97 Å². The van der Waals surface area contributed by atoms with Crippen LogP contribution < -0.4 is 0 Å². The van der Waals surface area contributed by atoms with E-state index < -0.39 is 8.32 Å². The summed E-state index contributed by atoms with van der Waals surface area (Å²) < 4.78 is 26.0. The highest BCUT2D eigenvalue weighted by Crippen LogP contribution is 2.01. The van der Waals surface area contributed by atoms with Crippen LogP contribution in [0.4, 0.5) is 0 Å². The molecule has 0 aromatic heterocycles. The summed E-state index contributed by atoms with van der Waals surface area (Å²) in [5, 5.41) is 0. The highest BCUT2D eigenvalue weighted by atomic mass is 28.4. The molecule has 0 aliphatic carbocycles. The van der Waals surface area contributed by atoms with Crippen molar-refractivity contribution in [1.82, 2.24) is 0 Å². The zero-order chi connectivity index (χ0) is 15.3. The zero-order valence-corrected chi connectivity index (χ0v) is 14.1. The van der Waals surface area contributed by atoms with E-state index in [9.17, 15) is 4.79 Å². The highest BCUT2D eigenvalue weighted by molar-refractivity contribution is 6.69. The second-order valence-electron chi connectivity index (χ2n) is 5.12. The third kappa shape index (κ3) is 15.6. The van der Waals surface area contributed by atoms with Crippen LogP contribution in [0.2, 0.25) is 19.6 Å². The predicted octanol–water partition coefficient (Wildman–Crippen LogP) is 1.45. The lowest BCUT2D eigenvalue weighted by Gasteiger charge is -2.16. The molecule has 6 nitrogen and oxygen atoms in total. The summed E-state index contributed by atoms with van der Waals surface area (Å²) in [7, 11) is -0.0617. The first-order chi connectivity index (χ1) is 9.45. The van der Waals surface area contributed by atoms with Crippen LogP contribution in [0.3, 0.4) is 0 Å². The Morgan fingerprint density at radius 3 is 1.70 bits per heavy atom. The molecule has 7 heteroatoms. The number of carbonyl (C=O) groups excluding carboxylic acids is 1. The van der Waals surface area contributed by atoms with E-state index in [1.807, 2.05) is 0 Å². The Labute approximate surface area is 122 Å². The van der Waals surface area contributed by atoms with Crippen molar-refractivity contribution in [2.75, 3.05) is 53.4 Å². The van der Waals surface area contributed by atoms with Crippen molar-refractivity contribution >= 4 is 14.3 Å². The summed E-state index contributed by atoms with van der Waals surface area (Å²) in [5.74, 6) is -0.264. The molecule has 0 bridgehead atoms. The van der Waals surface area contributed by atoms with Gasteiger partial charge in [-0.15, -0.1) is 0 Å². The molecule has 0 aromatic carbocycles. The lowest BCUT2D eigenvalue weighted by atomic mass is 10.5. The Bertz CT molecular complexity index is 242. The van der Waals surface area contributed by atoms with Crippen LogP contribution in [0.15, 0.2) is 0 Å². The van der Waals surface area contributed by atoms with Crippen molar-refractivity contribution in [2.45, 2.75) is 26.1 Å². The van der Waals surface area contributed by atoms with Crippen molar-refractivity contribution in [3.05, 3.63) is 0 Å². The summed E-state index contributed by atoms with van der Waals surface area (Å²) in [6, 6.07) is 0. The minimum absolute atomic E-state index is 0.264. The van der Waals surface area contributed by atoms with E-state index in [1.54, 1.807) is 0 Å². The van der Waals surface area contributed by atoms with Gasteiger partial charge in [0.2, 0.25) is 0 Å². The Balaban J connectivity index is 3.08. The summed E-state index contributed by atoms with van der Waals surface area (Å²) in [5.41, 5.74) is 0. The molecule has 0 saturated heterocycles. The average molecular weight is 308 g/mol. The van der Waals surface area contributed by atoms with Crippen molar-refractivity contribution in [1.29, 1.82) is 0 Å². The van der Waals surface area contributed by atoms with E-state index >= 15 is 0 Å². The number of hydrogen-bond donors (Lipinski definition) is 0. The Morgan fingerprint density at radius 1 is 0.800 bits per heavy atom. The van der Waals surface area contributed by atoms with Gasteiger partial charge in [0.25, 0.3) is 0 Å². The lowest BCUT2D eigenvalue weighted by Crippen LogP contribution is -2.27. The largest absolute Gasteiger partial charge is 0.469 e. The van der Waals surface area contributed by atoms with E-state index in [1.165, 1.54) is 7.11 Å². The maximum Gasteiger partial charge on any atom is 0.307 e. The first kappa shape index (κ1) is 19.5. The van der Waals surface area contributed by atoms with Gasteiger partial charge in [-0.25, -0.2) is 0 Å². The molecule has 0 N–H and O–H groups in total. The Morgan fingerprint density at radius 2 is 1.25 bits per heavy atom. The SMILES string of the molecule is COC(=O)CCOCCOCCOCCO[Si](C)(C)C. The number of hydrogen-bond acceptors (Lipinski definition) is 6. The minimum Gasteiger partial charge on any atom is -0.469 e. The van der Waals surface area contributed by atoms with Crippen molar-refractivity contribution < 1.29 is 28.2 Å². The topological polar surface area (TPSA) is 63.2 Å².